The van der Waals surface area contributed by atoms with Gasteiger partial charge >= 0.3 is 5.97 Å². The number of nitrogens with zero attached hydrogens (tertiary/aromatic N) is 2. The summed E-state index contributed by atoms with van der Waals surface area (Å²) in [6.07, 6.45) is 4.12. The number of pyridine rings is 1. The molecule has 0 N–H and O–H groups in total. The van der Waals surface area contributed by atoms with Crippen LogP contribution >= 0.6 is 15.9 Å². The molecule has 0 bridgehead atoms. The van der Waals surface area contributed by atoms with Crippen LogP contribution in [0.2, 0.25) is 0 Å². The highest BCUT2D eigenvalue weighted by atomic mass is 79.9. The molecule has 3 aromatic carbocycles. The number of halogens is 1. The van der Waals surface area contributed by atoms with Crippen LogP contribution in [0.4, 0.5) is 5.69 Å². The van der Waals surface area contributed by atoms with Crippen molar-refractivity contribution in [1.29, 1.82) is 0 Å². The first-order chi connectivity index (χ1) is 21.3. The van der Waals surface area contributed by atoms with E-state index in [0.29, 0.717) is 45.6 Å². The van der Waals surface area contributed by atoms with Crippen LogP contribution in [-0.2, 0) is 20.7 Å². The third-order valence-electron chi connectivity index (χ3n) is 8.55. The molecule has 9 heteroatoms. The number of anilines is 1. The molecule has 2 unspecified atom stereocenters. The summed E-state index contributed by atoms with van der Waals surface area (Å²) in [6.45, 7) is 1.57. The van der Waals surface area contributed by atoms with Crippen LogP contribution in [0.3, 0.4) is 0 Å². The lowest BCUT2D eigenvalue weighted by Crippen LogP contribution is -2.30. The molecule has 2 aliphatic rings. The molecule has 2 fully saturated rings. The normalized spacial score (nSPS) is 17.9. The Morgan fingerprint density at radius 2 is 1.66 bits per heavy atom. The predicted molar refractivity (Wildman–Crippen MR) is 170 cm³/mol. The minimum absolute atomic E-state index is 0.122. The minimum Gasteiger partial charge on any atom is -0.497 e. The fourth-order valence-electron chi connectivity index (χ4n) is 6.23. The number of methoxy groups -OCH3 is 1. The van der Waals surface area contributed by atoms with Gasteiger partial charge in [0.05, 0.1) is 41.4 Å². The van der Waals surface area contributed by atoms with Crippen LogP contribution in [0.25, 0.3) is 22.2 Å². The standard InChI is InChI=1S/C35H31BrN2O6/c1-3-20-15-23(36)17-28-29(35(42)44-19-31(39)22-7-6-8-25(16-22)43-2)18-30(37-32(20)28)21-11-13-24(14-12-21)38-33(40)26-9-4-5-10-27(26)34(38)41/h6-8,11-18,26-27H,3-5,9-10,19H2,1-2H3. The van der Waals surface area contributed by atoms with Crippen molar-refractivity contribution in [3.05, 3.63) is 87.9 Å². The number of hydrogen-bond acceptors (Lipinski definition) is 7. The third-order valence-corrected chi connectivity index (χ3v) is 9.00. The first kappa shape index (κ1) is 29.7. The zero-order chi connectivity index (χ0) is 31.0. The van der Waals surface area contributed by atoms with Crippen LogP contribution in [0, 0.1) is 11.8 Å². The number of hydrogen-bond donors (Lipinski definition) is 0. The highest BCUT2D eigenvalue weighted by Gasteiger charge is 2.48. The van der Waals surface area contributed by atoms with Crippen LogP contribution in [0.1, 0.15) is 58.9 Å². The highest BCUT2D eigenvalue weighted by Crippen LogP contribution is 2.40. The number of aromatic nitrogens is 1. The summed E-state index contributed by atoms with van der Waals surface area (Å²) < 4.78 is 11.5. The van der Waals surface area contributed by atoms with E-state index in [2.05, 4.69) is 15.9 Å². The van der Waals surface area contributed by atoms with Gasteiger partial charge in [-0.05, 0) is 67.3 Å². The average molecular weight is 656 g/mol. The van der Waals surface area contributed by atoms with Crippen molar-refractivity contribution < 1.29 is 28.7 Å². The Hall–Kier alpha value is -4.37. The van der Waals surface area contributed by atoms with E-state index in [4.69, 9.17) is 14.5 Å². The molecular weight excluding hydrogens is 624 g/mol. The van der Waals surface area contributed by atoms with Crippen molar-refractivity contribution in [2.24, 2.45) is 11.8 Å². The Bertz CT molecular complexity index is 1780. The van der Waals surface area contributed by atoms with Gasteiger partial charge < -0.3 is 9.47 Å². The van der Waals surface area contributed by atoms with Gasteiger partial charge in [-0.25, -0.2) is 9.78 Å². The average Bonchev–Trinajstić information content (AvgIpc) is 3.31. The summed E-state index contributed by atoms with van der Waals surface area (Å²) in [5, 5.41) is 0.603. The van der Waals surface area contributed by atoms with E-state index in [1.54, 1.807) is 54.6 Å². The Morgan fingerprint density at radius 3 is 2.32 bits per heavy atom. The maximum atomic E-state index is 13.5. The van der Waals surface area contributed by atoms with Gasteiger partial charge in [0.2, 0.25) is 11.8 Å². The molecule has 1 saturated heterocycles. The van der Waals surface area contributed by atoms with Gasteiger partial charge in [-0.2, -0.15) is 0 Å². The van der Waals surface area contributed by atoms with Gasteiger partial charge in [0.1, 0.15) is 5.75 Å². The van der Waals surface area contributed by atoms with Gasteiger partial charge in [0, 0.05) is 21.0 Å². The number of aryl methyl sites for hydroxylation is 1. The van der Waals surface area contributed by atoms with E-state index in [1.165, 1.54) is 12.0 Å². The molecule has 4 aromatic rings. The van der Waals surface area contributed by atoms with E-state index in [-0.39, 0.29) is 35.0 Å². The number of ketones is 1. The fourth-order valence-corrected chi connectivity index (χ4v) is 6.74. The topological polar surface area (TPSA) is 103 Å². The number of amides is 2. The number of imide groups is 1. The first-order valence-corrected chi connectivity index (χ1v) is 15.5. The predicted octanol–water partition coefficient (Wildman–Crippen LogP) is 6.95. The number of fused-ring (bicyclic) bond motifs is 2. The zero-order valence-corrected chi connectivity index (χ0v) is 26.1. The molecular formula is C35H31BrN2O6. The summed E-state index contributed by atoms with van der Waals surface area (Å²) >= 11 is 3.54. The zero-order valence-electron chi connectivity index (χ0n) is 24.5. The summed E-state index contributed by atoms with van der Waals surface area (Å²) in [5.41, 5.74) is 4.01. The second-order valence-electron chi connectivity index (χ2n) is 11.2. The number of esters is 1. The summed E-state index contributed by atoms with van der Waals surface area (Å²) in [5.74, 6) is -1.17. The molecule has 1 aromatic heterocycles. The first-order valence-electron chi connectivity index (χ1n) is 14.7. The summed E-state index contributed by atoms with van der Waals surface area (Å²) in [4.78, 5) is 58.8. The van der Waals surface area contributed by atoms with Crippen molar-refractivity contribution in [2.75, 3.05) is 18.6 Å². The number of benzene rings is 3. The van der Waals surface area contributed by atoms with Crippen molar-refractivity contribution in [1.82, 2.24) is 4.98 Å². The van der Waals surface area contributed by atoms with E-state index < -0.39 is 12.6 Å². The number of Topliss-reactive ketones (excluding diaryl/α,β-unsaturated/α-hetero) is 1. The lowest BCUT2D eigenvalue weighted by atomic mass is 9.81. The molecule has 0 radical (unpaired) electrons. The van der Waals surface area contributed by atoms with Gasteiger partial charge in [0.25, 0.3) is 0 Å². The molecule has 2 atom stereocenters. The van der Waals surface area contributed by atoms with E-state index >= 15 is 0 Å². The number of rotatable bonds is 8. The van der Waals surface area contributed by atoms with Crippen molar-refractivity contribution in [3.63, 3.8) is 0 Å². The van der Waals surface area contributed by atoms with E-state index in [9.17, 15) is 19.2 Å². The second-order valence-corrected chi connectivity index (χ2v) is 12.1. The van der Waals surface area contributed by atoms with Gasteiger partial charge in [-0.15, -0.1) is 0 Å². The summed E-state index contributed by atoms with van der Waals surface area (Å²) in [6, 6.07) is 19.2. The minimum atomic E-state index is -0.650. The summed E-state index contributed by atoms with van der Waals surface area (Å²) in [7, 11) is 1.52. The quantitative estimate of drug-likeness (QED) is 0.115. The van der Waals surface area contributed by atoms with Crippen LogP contribution in [0.15, 0.2) is 71.2 Å². The molecule has 2 heterocycles. The molecule has 1 aliphatic carbocycles. The smallest absolute Gasteiger partial charge is 0.339 e. The van der Waals surface area contributed by atoms with Gasteiger partial charge in [-0.1, -0.05) is 60.0 Å². The molecule has 44 heavy (non-hydrogen) atoms. The molecule has 224 valence electrons. The van der Waals surface area contributed by atoms with Gasteiger partial charge in [-0.3, -0.25) is 19.3 Å². The van der Waals surface area contributed by atoms with E-state index in [1.807, 2.05) is 19.1 Å². The molecule has 1 saturated carbocycles. The molecule has 0 spiro atoms. The number of carbonyl (C=O) groups is 4. The van der Waals surface area contributed by atoms with Crippen molar-refractivity contribution in [2.45, 2.75) is 39.0 Å². The van der Waals surface area contributed by atoms with Crippen molar-refractivity contribution >= 4 is 56.1 Å². The van der Waals surface area contributed by atoms with Crippen LogP contribution < -0.4 is 9.64 Å². The van der Waals surface area contributed by atoms with Gasteiger partial charge in [0.15, 0.2) is 12.4 Å². The number of carbonyl (C=O) groups excluding carboxylic acids is 4. The highest BCUT2D eigenvalue weighted by molar-refractivity contribution is 9.10. The Morgan fingerprint density at radius 1 is 0.955 bits per heavy atom. The fraction of sp³-hybridized carbons (Fsp3) is 0.286. The monoisotopic (exact) mass is 654 g/mol. The third kappa shape index (κ3) is 5.52. The van der Waals surface area contributed by atoms with Crippen LogP contribution in [0.5, 0.6) is 5.75 Å². The SMILES string of the molecule is CCc1cc(Br)cc2c(C(=O)OCC(=O)c3cccc(OC)c3)cc(-c3ccc(N4C(=O)C5CCCCC5C4=O)cc3)nc12. The number of ether oxygens (including phenoxy) is 2. The largest absolute Gasteiger partial charge is 0.497 e. The lowest BCUT2D eigenvalue weighted by molar-refractivity contribution is -0.122. The van der Waals surface area contributed by atoms with Crippen LogP contribution in [-0.4, -0.2) is 42.3 Å². The Balaban J connectivity index is 1.32. The molecule has 6 rings (SSSR count). The second kappa shape index (κ2) is 12.3. The molecule has 1 aliphatic heterocycles. The molecule has 8 nitrogen and oxygen atoms in total. The Labute approximate surface area is 263 Å². The van der Waals surface area contributed by atoms with E-state index in [0.717, 1.165) is 35.7 Å². The van der Waals surface area contributed by atoms with Crippen molar-refractivity contribution in [3.8, 4) is 17.0 Å². The Kier molecular flexibility index (Phi) is 8.31. The maximum absolute atomic E-state index is 13.5. The lowest BCUT2D eigenvalue weighted by Gasteiger charge is -2.19. The maximum Gasteiger partial charge on any atom is 0.339 e. The molecule has 2 amide bonds.